The Balaban J connectivity index is 3.16. The van der Waals surface area contributed by atoms with Crippen LogP contribution >= 0.6 is 0 Å². The average molecular weight is 238 g/mol. The third kappa shape index (κ3) is 3.12. The summed E-state index contributed by atoms with van der Waals surface area (Å²) in [6.45, 7) is 3.76. The summed E-state index contributed by atoms with van der Waals surface area (Å²) in [6, 6.07) is 5.42. The van der Waals surface area contributed by atoms with E-state index in [9.17, 15) is 4.79 Å². The number of ether oxygens (including phenoxy) is 2. The molecule has 1 rings (SSSR count). The Labute approximate surface area is 101 Å². The summed E-state index contributed by atoms with van der Waals surface area (Å²) in [5.41, 5.74) is 0.381. The number of carbonyl (C=O) groups is 1. The van der Waals surface area contributed by atoms with E-state index in [4.69, 9.17) is 14.6 Å². The normalized spacial score (nSPS) is 11.1. The van der Waals surface area contributed by atoms with Crippen LogP contribution in [-0.2, 0) is 10.2 Å². The SMILES string of the molecule is COc1ccc(C(C)(C)CC(=O)O)c(OC)c1. The van der Waals surface area contributed by atoms with Gasteiger partial charge < -0.3 is 14.6 Å². The molecule has 0 atom stereocenters. The summed E-state index contributed by atoms with van der Waals surface area (Å²) >= 11 is 0. The van der Waals surface area contributed by atoms with E-state index in [1.165, 1.54) is 0 Å². The van der Waals surface area contributed by atoms with Crippen molar-refractivity contribution in [2.45, 2.75) is 25.7 Å². The number of carboxylic acid groups (broad SMARTS) is 1. The Morgan fingerprint density at radius 3 is 2.41 bits per heavy atom. The van der Waals surface area contributed by atoms with Crippen molar-refractivity contribution < 1.29 is 19.4 Å². The Bertz CT molecular complexity index is 410. The minimum Gasteiger partial charge on any atom is -0.497 e. The first-order chi connectivity index (χ1) is 7.90. The summed E-state index contributed by atoms with van der Waals surface area (Å²) in [6.07, 6.45) is 0.0513. The van der Waals surface area contributed by atoms with Gasteiger partial charge in [0.2, 0.25) is 0 Å². The molecule has 0 amide bonds. The number of benzene rings is 1. The van der Waals surface area contributed by atoms with Gasteiger partial charge in [-0.1, -0.05) is 19.9 Å². The molecule has 17 heavy (non-hydrogen) atoms. The second-order valence-corrected chi connectivity index (χ2v) is 4.52. The molecule has 4 heteroatoms. The maximum atomic E-state index is 10.8. The summed E-state index contributed by atoms with van der Waals surface area (Å²) in [7, 11) is 3.14. The molecule has 0 aliphatic rings. The number of aliphatic carboxylic acids is 1. The summed E-state index contributed by atoms with van der Waals surface area (Å²) < 4.78 is 10.4. The number of hydrogen-bond acceptors (Lipinski definition) is 3. The van der Waals surface area contributed by atoms with E-state index < -0.39 is 11.4 Å². The molecule has 94 valence electrons. The van der Waals surface area contributed by atoms with Crippen molar-refractivity contribution in [1.29, 1.82) is 0 Å². The van der Waals surface area contributed by atoms with Crippen LogP contribution in [-0.4, -0.2) is 25.3 Å². The van der Waals surface area contributed by atoms with Crippen molar-refractivity contribution >= 4 is 5.97 Å². The molecule has 0 aliphatic heterocycles. The third-order valence-corrected chi connectivity index (χ3v) is 2.73. The lowest BCUT2D eigenvalue weighted by Crippen LogP contribution is -2.22. The molecule has 0 saturated carbocycles. The highest BCUT2D eigenvalue weighted by molar-refractivity contribution is 5.69. The number of rotatable bonds is 5. The van der Waals surface area contributed by atoms with Crippen molar-refractivity contribution in [2.24, 2.45) is 0 Å². The highest BCUT2D eigenvalue weighted by atomic mass is 16.5. The van der Waals surface area contributed by atoms with E-state index in [1.807, 2.05) is 19.9 Å². The minimum atomic E-state index is -0.826. The van der Waals surface area contributed by atoms with Gasteiger partial charge in [-0.25, -0.2) is 0 Å². The topological polar surface area (TPSA) is 55.8 Å². The standard InChI is InChI=1S/C13H18O4/c1-13(2,8-12(14)15)10-6-5-9(16-3)7-11(10)17-4/h5-7H,8H2,1-4H3,(H,14,15). The molecule has 0 radical (unpaired) electrons. The molecule has 0 aliphatic carbocycles. The van der Waals surface area contributed by atoms with Crippen molar-refractivity contribution in [3.8, 4) is 11.5 Å². The van der Waals surface area contributed by atoms with Crippen LogP contribution in [0.15, 0.2) is 18.2 Å². The van der Waals surface area contributed by atoms with Gasteiger partial charge in [0.25, 0.3) is 0 Å². The zero-order valence-electron chi connectivity index (χ0n) is 10.6. The van der Waals surface area contributed by atoms with Gasteiger partial charge in [-0.05, 0) is 6.07 Å². The number of carboxylic acids is 1. The molecular weight excluding hydrogens is 220 g/mol. The van der Waals surface area contributed by atoms with Crippen molar-refractivity contribution in [3.63, 3.8) is 0 Å². The lowest BCUT2D eigenvalue weighted by molar-refractivity contribution is -0.138. The first kappa shape index (κ1) is 13.4. The van der Waals surface area contributed by atoms with Crippen LogP contribution in [0.3, 0.4) is 0 Å². The molecule has 0 bridgehead atoms. The van der Waals surface area contributed by atoms with Crippen molar-refractivity contribution in [1.82, 2.24) is 0 Å². The summed E-state index contributed by atoms with van der Waals surface area (Å²) in [4.78, 5) is 10.8. The molecule has 0 fully saturated rings. The van der Waals surface area contributed by atoms with Crippen LogP contribution in [0.4, 0.5) is 0 Å². The monoisotopic (exact) mass is 238 g/mol. The van der Waals surface area contributed by atoms with Crippen LogP contribution in [0.2, 0.25) is 0 Å². The first-order valence-corrected chi connectivity index (χ1v) is 5.35. The zero-order chi connectivity index (χ0) is 13.1. The molecule has 0 unspecified atom stereocenters. The molecule has 0 heterocycles. The van der Waals surface area contributed by atoms with Gasteiger partial charge in [-0.15, -0.1) is 0 Å². The molecule has 0 aromatic heterocycles. The summed E-state index contributed by atoms with van der Waals surface area (Å²) in [5, 5.41) is 8.91. The molecule has 0 spiro atoms. The number of hydrogen-bond donors (Lipinski definition) is 1. The minimum absolute atomic E-state index is 0.0513. The zero-order valence-corrected chi connectivity index (χ0v) is 10.6. The molecule has 1 aromatic rings. The predicted molar refractivity (Wildman–Crippen MR) is 64.8 cm³/mol. The van der Waals surface area contributed by atoms with Crippen LogP contribution in [0.1, 0.15) is 25.8 Å². The van der Waals surface area contributed by atoms with Gasteiger partial charge in [0.15, 0.2) is 0 Å². The van der Waals surface area contributed by atoms with E-state index in [0.717, 1.165) is 5.56 Å². The maximum Gasteiger partial charge on any atom is 0.304 e. The van der Waals surface area contributed by atoms with E-state index in [-0.39, 0.29) is 6.42 Å². The summed E-state index contributed by atoms with van der Waals surface area (Å²) in [5.74, 6) is 0.514. The molecule has 0 saturated heterocycles. The molecular formula is C13H18O4. The average Bonchev–Trinajstić information content (AvgIpc) is 2.26. The quantitative estimate of drug-likeness (QED) is 0.856. The highest BCUT2D eigenvalue weighted by Gasteiger charge is 2.27. The fraction of sp³-hybridized carbons (Fsp3) is 0.462. The first-order valence-electron chi connectivity index (χ1n) is 5.35. The Morgan fingerprint density at radius 1 is 1.29 bits per heavy atom. The van der Waals surface area contributed by atoms with Crippen LogP contribution in [0, 0.1) is 0 Å². The van der Waals surface area contributed by atoms with Gasteiger partial charge in [0.1, 0.15) is 11.5 Å². The largest absolute Gasteiger partial charge is 0.497 e. The highest BCUT2D eigenvalue weighted by Crippen LogP contribution is 2.36. The van der Waals surface area contributed by atoms with E-state index in [0.29, 0.717) is 11.5 Å². The van der Waals surface area contributed by atoms with E-state index in [2.05, 4.69) is 0 Å². The lowest BCUT2D eigenvalue weighted by Gasteiger charge is -2.25. The van der Waals surface area contributed by atoms with Crippen LogP contribution in [0.5, 0.6) is 11.5 Å². The number of methoxy groups -OCH3 is 2. The molecule has 1 N–H and O–H groups in total. The van der Waals surface area contributed by atoms with E-state index in [1.54, 1.807) is 26.4 Å². The van der Waals surface area contributed by atoms with Gasteiger partial charge >= 0.3 is 5.97 Å². The fourth-order valence-electron chi connectivity index (χ4n) is 1.83. The Kier molecular flexibility index (Phi) is 3.99. The second-order valence-electron chi connectivity index (χ2n) is 4.52. The van der Waals surface area contributed by atoms with Crippen LogP contribution in [0.25, 0.3) is 0 Å². The smallest absolute Gasteiger partial charge is 0.304 e. The van der Waals surface area contributed by atoms with Crippen molar-refractivity contribution in [2.75, 3.05) is 14.2 Å². The Hall–Kier alpha value is -1.71. The van der Waals surface area contributed by atoms with Crippen molar-refractivity contribution in [3.05, 3.63) is 23.8 Å². The van der Waals surface area contributed by atoms with Crippen LogP contribution < -0.4 is 9.47 Å². The maximum absolute atomic E-state index is 10.8. The fourth-order valence-corrected chi connectivity index (χ4v) is 1.83. The van der Waals surface area contributed by atoms with Gasteiger partial charge in [-0.2, -0.15) is 0 Å². The predicted octanol–water partition coefficient (Wildman–Crippen LogP) is 2.46. The molecule has 1 aromatic carbocycles. The molecule has 4 nitrogen and oxygen atoms in total. The lowest BCUT2D eigenvalue weighted by atomic mass is 9.81. The van der Waals surface area contributed by atoms with Gasteiger partial charge in [-0.3, -0.25) is 4.79 Å². The van der Waals surface area contributed by atoms with Gasteiger partial charge in [0.05, 0.1) is 20.6 Å². The Morgan fingerprint density at radius 2 is 1.94 bits per heavy atom. The van der Waals surface area contributed by atoms with E-state index >= 15 is 0 Å². The third-order valence-electron chi connectivity index (χ3n) is 2.73. The second kappa shape index (κ2) is 5.08. The van der Waals surface area contributed by atoms with Gasteiger partial charge in [0, 0.05) is 17.0 Å².